The predicted molar refractivity (Wildman–Crippen MR) is 109 cm³/mol. The largest absolute Gasteiger partial charge is 0.432 e. The van der Waals surface area contributed by atoms with Gasteiger partial charge in [0.25, 0.3) is 0 Å². The standard InChI is InChI=1S/C25H14F8O/c26-18-8-14(13-4-2-1-3-5-13)6-7-17(18)15-9-19(27)23(20(28)10-15)25(32,33)34-16-11-21(29)24(31)22(30)12-16/h2,4-12H,1,3H2. The van der Waals surface area contributed by atoms with Gasteiger partial charge in [-0.1, -0.05) is 30.4 Å². The Kier molecular flexibility index (Phi) is 6.20. The molecule has 1 aliphatic rings. The summed E-state index contributed by atoms with van der Waals surface area (Å²) in [5, 5.41) is 0. The van der Waals surface area contributed by atoms with Gasteiger partial charge in [-0.05, 0) is 47.7 Å². The van der Waals surface area contributed by atoms with Crippen molar-refractivity contribution in [2.75, 3.05) is 0 Å². The van der Waals surface area contributed by atoms with Gasteiger partial charge in [-0.2, -0.15) is 8.78 Å². The monoisotopic (exact) mass is 482 g/mol. The first-order chi connectivity index (χ1) is 16.1. The van der Waals surface area contributed by atoms with Gasteiger partial charge in [0.2, 0.25) is 0 Å². The van der Waals surface area contributed by atoms with Crippen LogP contribution in [0.2, 0.25) is 0 Å². The maximum absolute atomic E-state index is 14.7. The van der Waals surface area contributed by atoms with E-state index >= 15 is 0 Å². The lowest BCUT2D eigenvalue weighted by Crippen LogP contribution is -2.25. The molecule has 0 spiro atoms. The molecule has 0 radical (unpaired) electrons. The molecule has 0 unspecified atom stereocenters. The fourth-order valence-electron chi connectivity index (χ4n) is 3.55. The van der Waals surface area contributed by atoms with Crippen LogP contribution in [-0.2, 0) is 6.11 Å². The number of benzene rings is 3. The molecule has 1 aliphatic carbocycles. The van der Waals surface area contributed by atoms with Crippen molar-refractivity contribution in [3.8, 4) is 16.9 Å². The Bertz CT molecular complexity index is 1280. The van der Waals surface area contributed by atoms with E-state index < -0.39 is 52.3 Å². The average molecular weight is 482 g/mol. The molecule has 0 atom stereocenters. The zero-order valence-electron chi connectivity index (χ0n) is 17.1. The Hall–Kier alpha value is -3.62. The molecule has 34 heavy (non-hydrogen) atoms. The van der Waals surface area contributed by atoms with Crippen molar-refractivity contribution < 1.29 is 39.9 Å². The predicted octanol–water partition coefficient (Wildman–Crippen LogP) is 8.05. The highest BCUT2D eigenvalue weighted by atomic mass is 19.3. The van der Waals surface area contributed by atoms with Crippen LogP contribution in [0.5, 0.6) is 5.75 Å². The van der Waals surface area contributed by atoms with Gasteiger partial charge < -0.3 is 4.74 Å². The first-order valence-electron chi connectivity index (χ1n) is 9.94. The maximum atomic E-state index is 14.7. The van der Waals surface area contributed by atoms with E-state index in [4.69, 9.17) is 0 Å². The lowest BCUT2D eigenvalue weighted by Gasteiger charge is -2.20. The highest BCUT2D eigenvalue weighted by Gasteiger charge is 2.41. The molecule has 0 aromatic heterocycles. The van der Waals surface area contributed by atoms with E-state index in [0.29, 0.717) is 17.7 Å². The molecule has 176 valence electrons. The van der Waals surface area contributed by atoms with E-state index in [-0.39, 0.29) is 23.3 Å². The van der Waals surface area contributed by atoms with Crippen molar-refractivity contribution in [2.45, 2.75) is 19.0 Å². The van der Waals surface area contributed by atoms with Crippen molar-refractivity contribution in [1.29, 1.82) is 0 Å². The van der Waals surface area contributed by atoms with Crippen molar-refractivity contribution in [2.24, 2.45) is 0 Å². The molecule has 4 rings (SSSR count). The number of halogens is 8. The minimum atomic E-state index is -4.73. The van der Waals surface area contributed by atoms with Crippen LogP contribution in [0.15, 0.2) is 60.7 Å². The van der Waals surface area contributed by atoms with Crippen LogP contribution >= 0.6 is 0 Å². The molecular formula is C25H14F8O. The zero-order chi connectivity index (χ0) is 24.6. The molecule has 3 aromatic rings. The smallest absolute Gasteiger partial charge is 0.429 e. The third-order valence-corrected chi connectivity index (χ3v) is 5.14. The summed E-state index contributed by atoms with van der Waals surface area (Å²) >= 11 is 0. The van der Waals surface area contributed by atoms with Crippen LogP contribution in [0.3, 0.4) is 0 Å². The van der Waals surface area contributed by atoms with Gasteiger partial charge in [0.1, 0.15) is 28.8 Å². The van der Waals surface area contributed by atoms with Gasteiger partial charge in [-0.3, -0.25) is 0 Å². The quantitative estimate of drug-likeness (QED) is 0.264. The average Bonchev–Trinajstić information content (AvgIpc) is 2.77. The van der Waals surface area contributed by atoms with Crippen LogP contribution < -0.4 is 4.74 Å². The third-order valence-electron chi connectivity index (χ3n) is 5.14. The van der Waals surface area contributed by atoms with E-state index in [0.717, 1.165) is 24.5 Å². The summed E-state index contributed by atoms with van der Waals surface area (Å²) in [5.41, 5.74) is -1.15. The summed E-state index contributed by atoms with van der Waals surface area (Å²) < 4.78 is 116. The SMILES string of the molecule is Fc1cc(C2=CCCC=C2)ccc1-c1cc(F)c(C(F)(F)Oc2cc(F)c(F)c(F)c2)c(F)c1. The highest BCUT2D eigenvalue weighted by Crippen LogP contribution is 2.38. The lowest BCUT2D eigenvalue weighted by atomic mass is 9.96. The minimum absolute atomic E-state index is 0.102. The number of allylic oxidation sites excluding steroid dienone is 4. The van der Waals surface area contributed by atoms with Crippen molar-refractivity contribution >= 4 is 5.57 Å². The Morgan fingerprint density at radius 1 is 0.676 bits per heavy atom. The second-order valence-electron chi connectivity index (χ2n) is 7.47. The van der Waals surface area contributed by atoms with Crippen LogP contribution in [0.4, 0.5) is 35.1 Å². The number of ether oxygens (including phenoxy) is 1. The molecule has 0 bridgehead atoms. The van der Waals surface area contributed by atoms with Crippen LogP contribution in [0.25, 0.3) is 16.7 Å². The van der Waals surface area contributed by atoms with E-state index in [9.17, 15) is 35.1 Å². The molecule has 3 aromatic carbocycles. The van der Waals surface area contributed by atoms with Crippen LogP contribution in [0.1, 0.15) is 24.0 Å². The topological polar surface area (TPSA) is 9.23 Å². The van der Waals surface area contributed by atoms with Gasteiger partial charge in [0, 0.05) is 17.7 Å². The van der Waals surface area contributed by atoms with E-state index in [1.54, 1.807) is 0 Å². The van der Waals surface area contributed by atoms with Gasteiger partial charge in [-0.15, -0.1) is 0 Å². The van der Waals surface area contributed by atoms with Crippen molar-refractivity contribution in [3.63, 3.8) is 0 Å². The molecule has 0 heterocycles. The fraction of sp³-hybridized carbons (Fsp3) is 0.120. The molecule has 0 amide bonds. The Labute approximate surface area is 188 Å². The number of hydrogen-bond donors (Lipinski definition) is 0. The molecule has 0 fully saturated rings. The molecule has 0 saturated carbocycles. The minimum Gasteiger partial charge on any atom is -0.429 e. The van der Waals surface area contributed by atoms with Gasteiger partial charge in [0.15, 0.2) is 17.5 Å². The Morgan fingerprint density at radius 2 is 1.29 bits per heavy atom. The molecule has 0 aliphatic heterocycles. The summed E-state index contributed by atoms with van der Waals surface area (Å²) in [4.78, 5) is 0. The summed E-state index contributed by atoms with van der Waals surface area (Å²) in [6.45, 7) is 0. The van der Waals surface area contributed by atoms with E-state index in [1.165, 1.54) is 12.1 Å². The molecular weight excluding hydrogens is 468 g/mol. The van der Waals surface area contributed by atoms with E-state index in [2.05, 4.69) is 4.74 Å². The molecule has 0 N–H and O–H groups in total. The fourth-order valence-corrected chi connectivity index (χ4v) is 3.55. The summed E-state index contributed by atoms with van der Waals surface area (Å²) in [5.74, 6) is -11.2. The van der Waals surface area contributed by atoms with Crippen molar-refractivity contribution in [1.82, 2.24) is 0 Å². The first kappa shape index (κ1) is 23.5. The zero-order valence-corrected chi connectivity index (χ0v) is 17.1. The third kappa shape index (κ3) is 4.55. The number of hydrogen-bond acceptors (Lipinski definition) is 1. The first-order valence-corrected chi connectivity index (χ1v) is 9.94. The molecule has 9 heteroatoms. The maximum Gasteiger partial charge on any atom is 0.432 e. The van der Waals surface area contributed by atoms with Gasteiger partial charge in [-0.25, -0.2) is 26.3 Å². The molecule has 0 saturated heterocycles. The normalized spacial score (nSPS) is 13.7. The highest BCUT2D eigenvalue weighted by molar-refractivity contribution is 5.77. The Balaban J connectivity index is 1.67. The van der Waals surface area contributed by atoms with Gasteiger partial charge in [0.05, 0.1) is 0 Å². The number of rotatable bonds is 5. The summed E-state index contributed by atoms with van der Waals surface area (Å²) in [6.07, 6.45) is 2.54. The van der Waals surface area contributed by atoms with Gasteiger partial charge >= 0.3 is 6.11 Å². The van der Waals surface area contributed by atoms with E-state index in [1.807, 2.05) is 18.2 Å². The lowest BCUT2D eigenvalue weighted by molar-refractivity contribution is -0.189. The molecule has 1 nitrogen and oxygen atoms in total. The van der Waals surface area contributed by atoms with Crippen LogP contribution in [0, 0.1) is 34.9 Å². The second kappa shape index (κ2) is 8.96. The second-order valence-corrected chi connectivity index (χ2v) is 7.47. The summed E-state index contributed by atoms with van der Waals surface area (Å²) in [6, 6.07) is 5.13. The van der Waals surface area contributed by atoms with Crippen LogP contribution in [-0.4, -0.2) is 0 Å². The summed E-state index contributed by atoms with van der Waals surface area (Å²) in [7, 11) is 0. The van der Waals surface area contributed by atoms with Crippen molar-refractivity contribution in [3.05, 3.63) is 107 Å². The number of alkyl halides is 2. The Morgan fingerprint density at radius 3 is 1.85 bits per heavy atom.